The van der Waals surface area contributed by atoms with Crippen LogP contribution in [0.3, 0.4) is 0 Å². The van der Waals surface area contributed by atoms with Gasteiger partial charge >= 0.3 is 0 Å². The molecule has 1 atom stereocenters. The van der Waals surface area contributed by atoms with Gasteiger partial charge in [-0.3, -0.25) is 9.59 Å². The number of carbonyl (C=O) groups is 2. The van der Waals surface area contributed by atoms with Crippen LogP contribution >= 0.6 is 11.3 Å². The SMILES string of the molecule is CCCCCCCc1cnc([C@H]2CC(c3ccc(C)cc3)=C(C(=O)NS(=O)(=O)C3CC3)C(=O)N2)s1. The average Bonchev–Trinajstić information content (AvgIpc) is 3.58. The molecule has 1 aliphatic heterocycles. The molecule has 0 radical (unpaired) electrons. The average molecular weight is 516 g/mol. The first kappa shape index (κ1) is 25.6. The Balaban J connectivity index is 1.56. The topological polar surface area (TPSA) is 105 Å². The van der Waals surface area contributed by atoms with Crippen LogP contribution in [0.4, 0.5) is 0 Å². The maximum absolute atomic E-state index is 13.2. The van der Waals surface area contributed by atoms with Crippen LogP contribution in [-0.4, -0.2) is 30.5 Å². The maximum Gasteiger partial charge on any atom is 0.270 e. The Hall–Kier alpha value is -2.52. The van der Waals surface area contributed by atoms with Crippen LogP contribution in [-0.2, 0) is 26.0 Å². The number of unbranched alkanes of at least 4 members (excludes halogenated alkanes) is 4. The zero-order valence-corrected chi connectivity index (χ0v) is 21.9. The van der Waals surface area contributed by atoms with E-state index in [1.165, 1.54) is 30.6 Å². The van der Waals surface area contributed by atoms with E-state index in [0.717, 1.165) is 29.0 Å². The van der Waals surface area contributed by atoms with Crippen molar-refractivity contribution in [1.29, 1.82) is 0 Å². The van der Waals surface area contributed by atoms with Crippen molar-refractivity contribution in [2.24, 2.45) is 0 Å². The number of carbonyl (C=O) groups excluding carboxylic acids is 2. The predicted molar refractivity (Wildman–Crippen MR) is 138 cm³/mol. The van der Waals surface area contributed by atoms with Gasteiger partial charge in [-0.1, -0.05) is 62.4 Å². The smallest absolute Gasteiger partial charge is 0.270 e. The zero-order chi connectivity index (χ0) is 25.0. The molecule has 1 aliphatic carbocycles. The van der Waals surface area contributed by atoms with Crippen LogP contribution in [0.25, 0.3) is 5.57 Å². The number of sulfonamides is 1. The first-order valence-electron chi connectivity index (χ1n) is 12.4. The molecule has 0 spiro atoms. The Morgan fingerprint density at radius 2 is 1.86 bits per heavy atom. The van der Waals surface area contributed by atoms with Crippen molar-refractivity contribution < 1.29 is 18.0 Å². The number of thiazole rings is 1. The fourth-order valence-electron chi connectivity index (χ4n) is 4.27. The molecule has 0 unspecified atom stereocenters. The van der Waals surface area contributed by atoms with Gasteiger partial charge in [0.2, 0.25) is 10.0 Å². The molecule has 1 aromatic heterocycles. The number of aryl methyl sites for hydroxylation is 2. The van der Waals surface area contributed by atoms with E-state index in [1.807, 2.05) is 37.4 Å². The van der Waals surface area contributed by atoms with Gasteiger partial charge in [-0.25, -0.2) is 18.1 Å². The molecule has 0 bridgehead atoms. The number of nitrogens with zero attached hydrogens (tertiary/aromatic N) is 1. The van der Waals surface area contributed by atoms with E-state index in [1.54, 1.807) is 11.3 Å². The van der Waals surface area contributed by atoms with Crippen LogP contribution in [0.15, 0.2) is 36.0 Å². The summed E-state index contributed by atoms with van der Waals surface area (Å²) < 4.78 is 26.9. The molecule has 2 aliphatic rings. The molecule has 0 saturated heterocycles. The second-order valence-electron chi connectivity index (χ2n) is 9.45. The Morgan fingerprint density at radius 1 is 1.14 bits per heavy atom. The number of amides is 2. The molecule has 4 rings (SSSR count). The first-order chi connectivity index (χ1) is 16.8. The lowest BCUT2D eigenvalue weighted by Crippen LogP contribution is -2.43. The van der Waals surface area contributed by atoms with Crippen molar-refractivity contribution in [2.75, 3.05) is 0 Å². The van der Waals surface area contributed by atoms with Crippen LogP contribution in [0, 0.1) is 6.92 Å². The largest absolute Gasteiger partial charge is 0.342 e. The third kappa shape index (κ3) is 6.38. The second kappa shape index (κ2) is 11.0. The van der Waals surface area contributed by atoms with E-state index in [2.05, 4.69) is 21.9 Å². The summed E-state index contributed by atoms with van der Waals surface area (Å²) in [5.41, 5.74) is 2.19. The monoisotopic (exact) mass is 515 g/mol. The molecular formula is C26H33N3O4S2. The second-order valence-corrected chi connectivity index (χ2v) is 12.6. The van der Waals surface area contributed by atoms with Crippen molar-refractivity contribution in [2.45, 2.75) is 82.9 Å². The summed E-state index contributed by atoms with van der Waals surface area (Å²) in [5.74, 6) is -1.44. The van der Waals surface area contributed by atoms with E-state index in [0.29, 0.717) is 24.8 Å². The molecule has 2 N–H and O–H groups in total. The Bertz CT molecular complexity index is 1210. The lowest BCUT2D eigenvalue weighted by molar-refractivity contribution is -0.123. The first-order valence-corrected chi connectivity index (χ1v) is 14.8. The summed E-state index contributed by atoms with van der Waals surface area (Å²) in [5, 5.41) is 3.15. The van der Waals surface area contributed by atoms with Crippen molar-refractivity contribution in [3.8, 4) is 0 Å². The van der Waals surface area contributed by atoms with Crippen molar-refractivity contribution in [3.63, 3.8) is 0 Å². The molecule has 9 heteroatoms. The summed E-state index contributed by atoms with van der Waals surface area (Å²) in [4.78, 5) is 32.0. The minimum Gasteiger partial charge on any atom is -0.342 e. The summed E-state index contributed by atoms with van der Waals surface area (Å²) in [7, 11) is -3.77. The van der Waals surface area contributed by atoms with E-state index in [4.69, 9.17) is 0 Å². The van der Waals surface area contributed by atoms with E-state index in [9.17, 15) is 18.0 Å². The highest BCUT2D eigenvalue weighted by Crippen LogP contribution is 2.36. The third-order valence-corrected chi connectivity index (χ3v) is 9.45. The molecule has 2 heterocycles. The number of nitrogens with one attached hydrogen (secondary N) is 2. The van der Waals surface area contributed by atoms with Gasteiger partial charge in [-0.15, -0.1) is 11.3 Å². The summed E-state index contributed by atoms with van der Waals surface area (Å²) in [6, 6.07) is 7.20. The third-order valence-electron chi connectivity index (χ3n) is 6.46. The quantitative estimate of drug-likeness (QED) is 0.336. The Labute approximate surface area is 211 Å². The Morgan fingerprint density at radius 3 is 2.54 bits per heavy atom. The summed E-state index contributed by atoms with van der Waals surface area (Å²) >= 11 is 1.59. The van der Waals surface area contributed by atoms with Crippen molar-refractivity contribution in [3.05, 3.63) is 57.0 Å². The summed E-state index contributed by atoms with van der Waals surface area (Å²) in [6.07, 6.45) is 10.3. The molecule has 1 fully saturated rings. The molecule has 7 nitrogen and oxygen atoms in total. The molecule has 2 amide bonds. The number of aromatic nitrogens is 1. The lowest BCUT2D eigenvalue weighted by atomic mass is 9.89. The van der Waals surface area contributed by atoms with Gasteiger partial charge in [0.05, 0.1) is 11.3 Å². The van der Waals surface area contributed by atoms with Gasteiger partial charge < -0.3 is 5.32 Å². The fraction of sp³-hybridized carbons (Fsp3) is 0.500. The highest BCUT2D eigenvalue weighted by atomic mass is 32.2. The van der Waals surface area contributed by atoms with Gasteiger partial charge in [-0.2, -0.15) is 0 Å². The highest BCUT2D eigenvalue weighted by molar-refractivity contribution is 7.91. The van der Waals surface area contributed by atoms with Crippen LogP contribution in [0.1, 0.15) is 85.3 Å². The molecule has 2 aromatic rings. The maximum atomic E-state index is 13.2. The van der Waals surface area contributed by atoms with E-state index < -0.39 is 27.1 Å². The van der Waals surface area contributed by atoms with Crippen molar-refractivity contribution >= 4 is 38.7 Å². The predicted octanol–water partition coefficient (Wildman–Crippen LogP) is 4.59. The van der Waals surface area contributed by atoms with Gasteiger partial charge in [0.15, 0.2) is 0 Å². The molecular weight excluding hydrogens is 482 g/mol. The highest BCUT2D eigenvalue weighted by Gasteiger charge is 2.40. The molecule has 35 heavy (non-hydrogen) atoms. The minimum atomic E-state index is -3.77. The van der Waals surface area contributed by atoms with Gasteiger partial charge in [0.1, 0.15) is 10.6 Å². The normalized spacial score (nSPS) is 18.5. The standard InChI is InChI=1S/C26H33N3O4S2/c1-3-4-5-6-7-8-19-16-27-26(34-19)22-15-21(18-11-9-17(2)10-12-18)23(24(30)28-22)25(31)29-35(32,33)20-13-14-20/h9-12,16,20,22H,3-8,13-15H2,1-2H3,(H,28,30)(H,29,31)/t22-/m1/s1. The van der Waals surface area contributed by atoms with Gasteiger partial charge in [0, 0.05) is 17.5 Å². The van der Waals surface area contributed by atoms with E-state index in [-0.39, 0.29) is 11.6 Å². The van der Waals surface area contributed by atoms with E-state index >= 15 is 0 Å². The molecule has 1 aromatic carbocycles. The van der Waals surface area contributed by atoms with Crippen LogP contribution < -0.4 is 10.0 Å². The Kier molecular flexibility index (Phi) is 8.06. The van der Waals surface area contributed by atoms with Gasteiger partial charge in [-0.05, 0) is 43.7 Å². The van der Waals surface area contributed by atoms with Crippen LogP contribution in [0.5, 0.6) is 0 Å². The zero-order valence-electron chi connectivity index (χ0n) is 20.3. The lowest BCUT2D eigenvalue weighted by Gasteiger charge is -2.26. The molecule has 188 valence electrons. The minimum absolute atomic E-state index is 0.137. The number of benzene rings is 1. The number of rotatable bonds is 11. The molecule has 1 saturated carbocycles. The number of hydrogen-bond donors (Lipinski definition) is 2. The van der Waals surface area contributed by atoms with Gasteiger partial charge in [0.25, 0.3) is 11.8 Å². The van der Waals surface area contributed by atoms with Crippen molar-refractivity contribution in [1.82, 2.24) is 15.0 Å². The summed E-state index contributed by atoms with van der Waals surface area (Å²) in [6.45, 7) is 4.16. The fourth-order valence-corrected chi connectivity index (χ4v) is 6.57. The number of hydrogen-bond acceptors (Lipinski definition) is 6. The van der Waals surface area contributed by atoms with Crippen LogP contribution in [0.2, 0.25) is 0 Å².